The molecule has 0 atom stereocenters. The number of rotatable bonds is 4. The van der Waals surface area contributed by atoms with Crippen molar-refractivity contribution in [1.82, 2.24) is 10.6 Å². The molecule has 1 N–H and O–H groups in total. The highest BCUT2D eigenvalue weighted by Gasteiger charge is 1.91. The first-order chi connectivity index (χ1) is 3.85. The van der Waals surface area contributed by atoms with Crippen LogP contribution < -0.4 is 5.59 Å². The summed E-state index contributed by atoms with van der Waals surface area (Å²) >= 11 is 0. The summed E-state index contributed by atoms with van der Waals surface area (Å²) in [6.45, 7) is 6.06. The molecule has 0 heterocycles. The van der Waals surface area contributed by atoms with Crippen LogP contribution in [0, 0.1) is 0 Å². The molecule has 0 aromatic rings. The molecule has 0 aromatic carbocycles. The van der Waals surface area contributed by atoms with Crippen molar-refractivity contribution in [1.29, 1.82) is 0 Å². The second-order valence-corrected chi connectivity index (χ2v) is 1.47. The van der Waals surface area contributed by atoms with Crippen LogP contribution in [0.4, 0.5) is 0 Å². The van der Waals surface area contributed by atoms with Gasteiger partial charge in [0.15, 0.2) is 0 Å². The SMILES string of the molecule is CCN(CC)NOC. The fourth-order valence-electron chi connectivity index (χ4n) is 0.482. The van der Waals surface area contributed by atoms with Crippen LogP contribution >= 0.6 is 0 Å². The Kier molecular flexibility index (Phi) is 4.95. The molecule has 8 heavy (non-hydrogen) atoms. The highest BCUT2D eigenvalue weighted by atomic mass is 16.7. The zero-order chi connectivity index (χ0) is 6.41. The van der Waals surface area contributed by atoms with Gasteiger partial charge in [0.25, 0.3) is 0 Å². The topological polar surface area (TPSA) is 24.5 Å². The Morgan fingerprint density at radius 1 is 1.38 bits per heavy atom. The molecule has 0 aliphatic carbocycles. The molecule has 0 aliphatic heterocycles. The Hall–Kier alpha value is -0.120. The van der Waals surface area contributed by atoms with E-state index in [0.29, 0.717) is 0 Å². The van der Waals surface area contributed by atoms with Crippen LogP contribution in [0.1, 0.15) is 13.8 Å². The van der Waals surface area contributed by atoms with Gasteiger partial charge in [0.1, 0.15) is 0 Å². The van der Waals surface area contributed by atoms with Gasteiger partial charge in [0.05, 0.1) is 7.11 Å². The van der Waals surface area contributed by atoms with Gasteiger partial charge in [0, 0.05) is 13.1 Å². The van der Waals surface area contributed by atoms with E-state index in [2.05, 4.69) is 24.3 Å². The average Bonchev–Trinajstić information content (AvgIpc) is 1.83. The van der Waals surface area contributed by atoms with E-state index in [0.717, 1.165) is 13.1 Å². The van der Waals surface area contributed by atoms with E-state index in [-0.39, 0.29) is 0 Å². The van der Waals surface area contributed by atoms with E-state index >= 15 is 0 Å². The Morgan fingerprint density at radius 3 is 2.00 bits per heavy atom. The maximum Gasteiger partial charge on any atom is 0.0588 e. The third-order valence-electron chi connectivity index (χ3n) is 0.984. The predicted molar refractivity (Wildman–Crippen MR) is 33.1 cm³/mol. The Labute approximate surface area is 50.5 Å². The number of hydrogen-bond donors (Lipinski definition) is 1. The molecule has 50 valence electrons. The summed E-state index contributed by atoms with van der Waals surface area (Å²) in [6, 6.07) is 0. The van der Waals surface area contributed by atoms with Gasteiger partial charge in [-0.2, -0.15) is 0 Å². The molecule has 0 amide bonds. The van der Waals surface area contributed by atoms with Crippen LogP contribution in [0.5, 0.6) is 0 Å². The van der Waals surface area contributed by atoms with E-state index in [9.17, 15) is 0 Å². The zero-order valence-corrected chi connectivity index (χ0v) is 5.77. The van der Waals surface area contributed by atoms with Crippen molar-refractivity contribution in [2.75, 3.05) is 20.2 Å². The van der Waals surface area contributed by atoms with Gasteiger partial charge in [-0.1, -0.05) is 13.8 Å². The first-order valence-corrected chi connectivity index (χ1v) is 2.88. The van der Waals surface area contributed by atoms with Crippen molar-refractivity contribution >= 4 is 0 Å². The number of nitrogens with zero attached hydrogens (tertiary/aromatic N) is 1. The minimum atomic E-state index is 0.963. The first-order valence-electron chi connectivity index (χ1n) is 2.88. The largest absolute Gasteiger partial charge is 0.290 e. The lowest BCUT2D eigenvalue weighted by atomic mass is 10.6. The Balaban J connectivity index is 3.07. The summed E-state index contributed by atoms with van der Waals surface area (Å²) in [5.41, 5.74) is 2.72. The van der Waals surface area contributed by atoms with Gasteiger partial charge in [0.2, 0.25) is 0 Å². The summed E-state index contributed by atoms with van der Waals surface area (Å²) in [5.74, 6) is 0. The second kappa shape index (κ2) is 5.03. The quantitative estimate of drug-likeness (QED) is 0.540. The molecule has 3 heteroatoms. The molecule has 0 unspecified atom stereocenters. The number of hydrazine groups is 1. The van der Waals surface area contributed by atoms with Crippen molar-refractivity contribution in [2.24, 2.45) is 0 Å². The van der Waals surface area contributed by atoms with Crippen LogP contribution in [-0.2, 0) is 4.84 Å². The third-order valence-corrected chi connectivity index (χ3v) is 0.984. The zero-order valence-electron chi connectivity index (χ0n) is 5.77. The maximum absolute atomic E-state index is 4.66. The number of nitrogens with one attached hydrogen (secondary N) is 1. The molecular formula is C5H14N2O. The smallest absolute Gasteiger partial charge is 0.0588 e. The maximum atomic E-state index is 4.66. The lowest BCUT2D eigenvalue weighted by molar-refractivity contribution is -0.0506. The van der Waals surface area contributed by atoms with Crippen LogP contribution in [0.2, 0.25) is 0 Å². The summed E-state index contributed by atoms with van der Waals surface area (Å²) < 4.78 is 0. The summed E-state index contributed by atoms with van der Waals surface area (Å²) in [7, 11) is 1.61. The normalized spacial score (nSPS) is 10.5. The van der Waals surface area contributed by atoms with E-state index in [1.165, 1.54) is 0 Å². The molecule has 0 radical (unpaired) electrons. The Morgan fingerprint density at radius 2 is 1.88 bits per heavy atom. The van der Waals surface area contributed by atoms with E-state index in [4.69, 9.17) is 0 Å². The first kappa shape index (κ1) is 7.88. The van der Waals surface area contributed by atoms with Gasteiger partial charge in [-0.15, -0.1) is 5.59 Å². The molecule has 0 fully saturated rings. The molecule has 0 bridgehead atoms. The molecule has 3 nitrogen and oxygen atoms in total. The minimum Gasteiger partial charge on any atom is -0.290 e. The minimum absolute atomic E-state index is 0.963. The monoisotopic (exact) mass is 118 g/mol. The fourth-order valence-corrected chi connectivity index (χ4v) is 0.482. The van der Waals surface area contributed by atoms with Crippen molar-refractivity contribution < 1.29 is 4.84 Å². The third kappa shape index (κ3) is 2.96. The van der Waals surface area contributed by atoms with Gasteiger partial charge < -0.3 is 0 Å². The lowest BCUT2D eigenvalue weighted by Crippen LogP contribution is -2.36. The van der Waals surface area contributed by atoms with Crippen LogP contribution in [0.25, 0.3) is 0 Å². The van der Waals surface area contributed by atoms with Crippen molar-refractivity contribution in [3.8, 4) is 0 Å². The molecular weight excluding hydrogens is 104 g/mol. The van der Waals surface area contributed by atoms with Crippen LogP contribution in [0.3, 0.4) is 0 Å². The summed E-state index contributed by atoms with van der Waals surface area (Å²) in [5, 5.41) is 1.96. The molecule has 0 saturated carbocycles. The molecule has 0 rings (SSSR count). The van der Waals surface area contributed by atoms with Crippen molar-refractivity contribution in [3.63, 3.8) is 0 Å². The number of hydrogen-bond acceptors (Lipinski definition) is 3. The molecule has 0 aliphatic rings. The van der Waals surface area contributed by atoms with Gasteiger partial charge in [-0.3, -0.25) is 4.84 Å². The second-order valence-electron chi connectivity index (χ2n) is 1.47. The highest BCUT2D eigenvalue weighted by Crippen LogP contribution is 1.76. The van der Waals surface area contributed by atoms with Gasteiger partial charge in [-0.25, -0.2) is 5.01 Å². The van der Waals surface area contributed by atoms with Crippen LogP contribution in [0.15, 0.2) is 0 Å². The Bertz CT molecular complexity index is 45.7. The van der Waals surface area contributed by atoms with E-state index in [1.807, 2.05) is 5.01 Å². The highest BCUT2D eigenvalue weighted by molar-refractivity contribution is 4.34. The van der Waals surface area contributed by atoms with E-state index < -0.39 is 0 Å². The standard InChI is InChI=1S/C5H14N2O/c1-4-7(5-2)6-8-3/h6H,4-5H2,1-3H3. The fraction of sp³-hybridized carbons (Fsp3) is 1.00. The van der Waals surface area contributed by atoms with Crippen molar-refractivity contribution in [3.05, 3.63) is 0 Å². The summed E-state index contributed by atoms with van der Waals surface area (Å²) in [6.07, 6.45) is 0. The molecule has 0 saturated heterocycles. The predicted octanol–water partition coefficient (Wildman–Crippen LogP) is 0.394. The van der Waals surface area contributed by atoms with Gasteiger partial charge >= 0.3 is 0 Å². The van der Waals surface area contributed by atoms with Gasteiger partial charge in [-0.05, 0) is 0 Å². The molecule has 0 spiro atoms. The average molecular weight is 118 g/mol. The molecule has 0 aromatic heterocycles. The van der Waals surface area contributed by atoms with E-state index in [1.54, 1.807) is 7.11 Å². The lowest BCUT2D eigenvalue weighted by Gasteiger charge is -2.16. The summed E-state index contributed by atoms with van der Waals surface area (Å²) in [4.78, 5) is 4.66. The van der Waals surface area contributed by atoms with Crippen LogP contribution in [-0.4, -0.2) is 25.2 Å². The van der Waals surface area contributed by atoms with Crippen molar-refractivity contribution in [2.45, 2.75) is 13.8 Å².